The monoisotopic (exact) mass is 446 g/mol. The number of carbonyl (C=O) groups excluding carboxylic acids is 1. The van der Waals surface area contributed by atoms with Crippen LogP contribution in [0.15, 0.2) is 87.2 Å². The molecule has 142 valence electrons. The van der Waals surface area contributed by atoms with E-state index in [0.717, 1.165) is 32.3 Å². The molecular weight excluding hydrogens is 432 g/mol. The topological polar surface area (TPSA) is 71.6 Å². The van der Waals surface area contributed by atoms with Gasteiger partial charge in [0.1, 0.15) is 0 Å². The van der Waals surface area contributed by atoms with Crippen LogP contribution < -0.4 is 0 Å². The molecule has 0 aliphatic carbocycles. The third-order valence-electron chi connectivity index (χ3n) is 4.91. The van der Waals surface area contributed by atoms with E-state index in [2.05, 4.69) is 31.0 Å². The Hall–Kier alpha value is -3.32. The van der Waals surface area contributed by atoms with Crippen LogP contribution in [-0.4, -0.2) is 26.6 Å². The average molecular weight is 447 g/mol. The van der Waals surface area contributed by atoms with Crippen molar-refractivity contribution < 1.29 is 9.21 Å². The molecular formula is C22H15BrN4O2. The minimum Gasteiger partial charge on any atom is -0.459 e. The molecule has 5 rings (SSSR count). The minimum atomic E-state index is -0.272. The Bertz CT molecular complexity index is 1220. The van der Waals surface area contributed by atoms with Crippen molar-refractivity contribution in [3.8, 4) is 0 Å². The van der Waals surface area contributed by atoms with Gasteiger partial charge in [0, 0.05) is 23.3 Å². The molecule has 29 heavy (non-hydrogen) atoms. The summed E-state index contributed by atoms with van der Waals surface area (Å²) in [5, 5.41) is 6.18. The number of furan rings is 1. The Morgan fingerprint density at radius 3 is 2.59 bits per heavy atom. The molecule has 1 amide bonds. The zero-order chi connectivity index (χ0) is 19.8. The maximum atomic E-state index is 13.1. The molecule has 0 unspecified atom stereocenters. The first-order valence-electron chi connectivity index (χ1n) is 9.10. The van der Waals surface area contributed by atoms with E-state index in [1.165, 1.54) is 11.3 Å². The van der Waals surface area contributed by atoms with E-state index in [1.54, 1.807) is 24.5 Å². The van der Waals surface area contributed by atoms with E-state index in [-0.39, 0.29) is 17.7 Å². The molecule has 0 saturated carbocycles. The number of hydrogen-bond acceptors (Lipinski definition) is 5. The van der Waals surface area contributed by atoms with Gasteiger partial charge in [-0.2, -0.15) is 5.10 Å². The quantitative estimate of drug-likeness (QED) is 0.444. The molecule has 1 aliphatic heterocycles. The fraction of sp³-hybridized carbons (Fsp3) is 0.0909. The lowest BCUT2D eigenvalue weighted by Crippen LogP contribution is -2.26. The number of halogens is 1. The number of rotatable bonds is 3. The summed E-state index contributed by atoms with van der Waals surface area (Å²) in [6, 6.07) is 16.9. The predicted octanol–water partition coefficient (Wildman–Crippen LogP) is 4.98. The van der Waals surface area contributed by atoms with Crippen LogP contribution in [0.1, 0.15) is 34.1 Å². The van der Waals surface area contributed by atoms with Gasteiger partial charge in [0.2, 0.25) is 0 Å². The number of hydrazone groups is 1. The number of hydrogen-bond donors (Lipinski definition) is 0. The third kappa shape index (κ3) is 3.34. The predicted molar refractivity (Wildman–Crippen MR) is 112 cm³/mol. The van der Waals surface area contributed by atoms with E-state index in [0.29, 0.717) is 6.42 Å². The van der Waals surface area contributed by atoms with E-state index in [4.69, 9.17) is 4.42 Å². The number of fused-ring (bicyclic) bond motifs is 1. The first-order valence-corrected chi connectivity index (χ1v) is 9.89. The van der Waals surface area contributed by atoms with Gasteiger partial charge < -0.3 is 4.42 Å². The standard InChI is InChI=1S/C22H15BrN4O2/c23-16-6-3-14(4-7-16)18-13-20(27(26-18)22(28)21-2-1-11-29-21)15-5-8-17-19(12-15)25-10-9-24-17/h1-12,20H,13H2/t20-/m1/s1. The van der Waals surface area contributed by atoms with E-state index in [9.17, 15) is 4.79 Å². The van der Waals surface area contributed by atoms with Crippen LogP contribution in [-0.2, 0) is 0 Å². The van der Waals surface area contributed by atoms with Crippen molar-refractivity contribution in [1.29, 1.82) is 0 Å². The highest BCUT2D eigenvalue weighted by atomic mass is 79.9. The van der Waals surface area contributed by atoms with Gasteiger partial charge in [0.25, 0.3) is 0 Å². The Morgan fingerprint density at radius 1 is 1.03 bits per heavy atom. The Balaban J connectivity index is 1.56. The molecule has 0 N–H and O–H groups in total. The summed E-state index contributed by atoms with van der Waals surface area (Å²) in [4.78, 5) is 21.8. The van der Waals surface area contributed by atoms with Gasteiger partial charge in [-0.15, -0.1) is 0 Å². The molecule has 0 saturated heterocycles. The first-order chi connectivity index (χ1) is 14.2. The van der Waals surface area contributed by atoms with E-state index in [1.807, 2.05) is 42.5 Å². The fourth-order valence-corrected chi connectivity index (χ4v) is 3.74. The smallest absolute Gasteiger partial charge is 0.310 e. The maximum absolute atomic E-state index is 13.1. The van der Waals surface area contributed by atoms with Gasteiger partial charge in [0.15, 0.2) is 5.76 Å². The van der Waals surface area contributed by atoms with Crippen LogP contribution in [0.25, 0.3) is 11.0 Å². The second-order valence-electron chi connectivity index (χ2n) is 6.71. The highest BCUT2D eigenvalue weighted by Gasteiger charge is 2.34. The van der Waals surface area contributed by atoms with Gasteiger partial charge in [-0.3, -0.25) is 14.8 Å². The van der Waals surface area contributed by atoms with Gasteiger partial charge in [-0.05, 0) is 47.5 Å². The number of carbonyl (C=O) groups is 1. The molecule has 7 heteroatoms. The minimum absolute atomic E-state index is 0.252. The SMILES string of the molecule is O=C(c1ccco1)N1N=C(c2ccc(Br)cc2)C[C@@H]1c1ccc2nccnc2c1. The summed E-state index contributed by atoms with van der Waals surface area (Å²) < 4.78 is 6.32. The zero-order valence-electron chi connectivity index (χ0n) is 15.2. The third-order valence-corrected chi connectivity index (χ3v) is 5.43. The summed E-state index contributed by atoms with van der Waals surface area (Å²) in [6.45, 7) is 0. The summed E-state index contributed by atoms with van der Waals surface area (Å²) in [6.07, 6.45) is 5.42. The lowest BCUT2D eigenvalue weighted by molar-refractivity contribution is 0.0678. The van der Waals surface area contributed by atoms with Crippen LogP contribution in [0.5, 0.6) is 0 Å². The van der Waals surface area contributed by atoms with Crippen molar-refractivity contribution in [3.05, 3.63) is 94.6 Å². The summed E-state index contributed by atoms with van der Waals surface area (Å²) in [7, 11) is 0. The van der Waals surface area contributed by atoms with Crippen LogP contribution in [0.4, 0.5) is 0 Å². The fourth-order valence-electron chi connectivity index (χ4n) is 3.47. The molecule has 2 aromatic carbocycles. The number of benzene rings is 2. The highest BCUT2D eigenvalue weighted by Crippen LogP contribution is 2.35. The van der Waals surface area contributed by atoms with Crippen molar-refractivity contribution in [2.24, 2.45) is 5.10 Å². The molecule has 0 bridgehead atoms. The molecule has 0 spiro atoms. The largest absolute Gasteiger partial charge is 0.459 e. The lowest BCUT2D eigenvalue weighted by atomic mass is 9.98. The first kappa shape index (κ1) is 17.8. The van der Waals surface area contributed by atoms with Crippen LogP contribution in [0.3, 0.4) is 0 Å². The molecule has 6 nitrogen and oxygen atoms in total. The van der Waals surface area contributed by atoms with E-state index >= 15 is 0 Å². The second-order valence-corrected chi connectivity index (χ2v) is 7.62. The van der Waals surface area contributed by atoms with Gasteiger partial charge in [-0.25, -0.2) is 5.01 Å². The summed E-state index contributed by atoms with van der Waals surface area (Å²) >= 11 is 3.46. The second kappa shape index (κ2) is 7.25. The molecule has 1 atom stereocenters. The van der Waals surface area contributed by atoms with E-state index < -0.39 is 0 Å². The molecule has 4 aromatic rings. The Morgan fingerprint density at radius 2 is 1.83 bits per heavy atom. The van der Waals surface area contributed by atoms with Crippen molar-refractivity contribution in [2.75, 3.05) is 0 Å². The molecule has 3 heterocycles. The number of nitrogens with zero attached hydrogens (tertiary/aromatic N) is 4. The van der Waals surface area contributed by atoms with Crippen LogP contribution in [0.2, 0.25) is 0 Å². The molecule has 0 radical (unpaired) electrons. The Kier molecular flexibility index (Phi) is 4.44. The molecule has 0 fully saturated rings. The highest BCUT2D eigenvalue weighted by molar-refractivity contribution is 9.10. The van der Waals surface area contributed by atoms with Gasteiger partial charge >= 0.3 is 5.91 Å². The average Bonchev–Trinajstić information content (AvgIpc) is 3.44. The zero-order valence-corrected chi connectivity index (χ0v) is 16.8. The number of aromatic nitrogens is 2. The molecule has 1 aliphatic rings. The normalized spacial score (nSPS) is 16.2. The van der Waals surface area contributed by atoms with Crippen LogP contribution >= 0.6 is 15.9 Å². The lowest BCUT2D eigenvalue weighted by Gasteiger charge is -2.21. The van der Waals surface area contributed by atoms with Crippen molar-refractivity contribution in [1.82, 2.24) is 15.0 Å². The molecule has 2 aromatic heterocycles. The maximum Gasteiger partial charge on any atom is 0.310 e. The van der Waals surface area contributed by atoms with Crippen molar-refractivity contribution in [3.63, 3.8) is 0 Å². The van der Waals surface area contributed by atoms with Crippen LogP contribution in [0, 0.1) is 0 Å². The van der Waals surface area contributed by atoms with Crippen molar-refractivity contribution >= 4 is 38.6 Å². The Labute approximate surface area is 175 Å². The number of amides is 1. The van der Waals surface area contributed by atoms with Gasteiger partial charge in [0.05, 0.1) is 29.1 Å². The van der Waals surface area contributed by atoms with Gasteiger partial charge in [-0.1, -0.05) is 34.1 Å². The summed E-state index contributed by atoms with van der Waals surface area (Å²) in [5.74, 6) is -0.0114. The summed E-state index contributed by atoms with van der Waals surface area (Å²) in [5.41, 5.74) is 4.38. The van der Waals surface area contributed by atoms with Crippen molar-refractivity contribution in [2.45, 2.75) is 12.5 Å².